The summed E-state index contributed by atoms with van der Waals surface area (Å²) in [7, 11) is 3.37. The molecule has 2 aromatic rings. The number of nitrogens with zero attached hydrogens (tertiary/aromatic N) is 2. The zero-order chi connectivity index (χ0) is 24.5. The van der Waals surface area contributed by atoms with Crippen LogP contribution < -0.4 is 10.2 Å². The van der Waals surface area contributed by atoms with E-state index in [9.17, 15) is 5.11 Å². The number of aliphatic hydroxyl groups excluding tert-OH is 1. The standard InChI is InChI=1S/C28H43N3O3S/c1-33-23-9-11-27-26(18-23)25(12-14-29-27)28(30-34-2)10-8-21-13-15-31(19-22(21)20-32)16-17-35-24-6-4-3-5-7-24/h9,11-12,14,18,21-22,24,28,30,32H,3-8,10,13,15-17,19-20H2,1-2H3/t21-,22-,28?/m1/s1. The smallest absolute Gasteiger partial charge is 0.119 e. The Morgan fingerprint density at radius 3 is 2.77 bits per heavy atom. The van der Waals surface area contributed by atoms with Crippen LogP contribution in [-0.2, 0) is 4.84 Å². The molecule has 7 heteroatoms. The number of thioether (sulfide) groups is 1. The van der Waals surface area contributed by atoms with E-state index in [1.807, 2.05) is 18.3 Å². The van der Waals surface area contributed by atoms with Gasteiger partial charge in [0.1, 0.15) is 5.75 Å². The number of nitrogens with one attached hydrogen (secondary N) is 1. The summed E-state index contributed by atoms with van der Waals surface area (Å²) in [5.74, 6) is 2.94. The van der Waals surface area contributed by atoms with E-state index in [0.29, 0.717) is 11.8 Å². The van der Waals surface area contributed by atoms with Crippen LogP contribution in [0.25, 0.3) is 10.9 Å². The zero-order valence-corrected chi connectivity index (χ0v) is 22.3. The normalized spacial score (nSPS) is 22.9. The first-order valence-corrected chi connectivity index (χ1v) is 14.4. The Morgan fingerprint density at radius 2 is 2.00 bits per heavy atom. The number of aliphatic hydroxyl groups is 1. The van der Waals surface area contributed by atoms with Gasteiger partial charge in [0.15, 0.2) is 0 Å². The molecule has 0 radical (unpaired) electrons. The van der Waals surface area contributed by atoms with Crippen molar-refractivity contribution in [2.24, 2.45) is 11.8 Å². The van der Waals surface area contributed by atoms with Crippen molar-refractivity contribution < 1.29 is 14.7 Å². The molecule has 2 fully saturated rings. The van der Waals surface area contributed by atoms with Gasteiger partial charge in [0, 0.05) is 42.3 Å². The third-order valence-electron chi connectivity index (χ3n) is 7.97. The van der Waals surface area contributed by atoms with Crippen molar-refractivity contribution in [1.82, 2.24) is 15.4 Å². The summed E-state index contributed by atoms with van der Waals surface area (Å²) in [6, 6.07) is 8.15. The van der Waals surface area contributed by atoms with Gasteiger partial charge in [-0.05, 0) is 80.3 Å². The van der Waals surface area contributed by atoms with Crippen molar-refractivity contribution >= 4 is 22.7 Å². The van der Waals surface area contributed by atoms with Crippen LogP contribution in [0.15, 0.2) is 30.5 Å². The van der Waals surface area contributed by atoms with Crippen molar-refractivity contribution in [3.8, 4) is 5.75 Å². The number of likely N-dealkylation sites (tertiary alicyclic amines) is 1. The lowest BCUT2D eigenvalue weighted by atomic mass is 9.81. The van der Waals surface area contributed by atoms with Crippen LogP contribution in [0.5, 0.6) is 5.75 Å². The summed E-state index contributed by atoms with van der Waals surface area (Å²) in [6.07, 6.45) is 12.1. The summed E-state index contributed by atoms with van der Waals surface area (Å²) >= 11 is 2.18. The Hall–Kier alpha value is -1.38. The molecule has 1 saturated heterocycles. The molecule has 2 heterocycles. The lowest BCUT2D eigenvalue weighted by Crippen LogP contribution is -2.43. The average Bonchev–Trinajstić information content (AvgIpc) is 2.91. The summed E-state index contributed by atoms with van der Waals surface area (Å²) in [5.41, 5.74) is 5.36. The maximum absolute atomic E-state index is 10.2. The quantitative estimate of drug-likeness (QED) is 0.387. The van der Waals surface area contributed by atoms with Crippen LogP contribution in [0, 0.1) is 11.8 Å². The molecule has 6 nitrogen and oxygen atoms in total. The predicted molar refractivity (Wildman–Crippen MR) is 145 cm³/mol. The van der Waals surface area contributed by atoms with Crippen LogP contribution in [0.4, 0.5) is 0 Å². The van der Waals surface area contributed by atoms with Crippen molar-refractivity contribution in [3.05, 3.63) is 36.0 Å². The Morgan fingerprint density at radius 1 is 1.14 bits per heavy atom. The van der Waals surface area contributed by atoms with E-state index in [2.05, 4.69) is 39.3 Å². The molecule has 0 spiro atoms. The van der Waals surface area contributed by atoms with Gasteiger partial charge in [-0.25, -0.2) is 0 Å². The number of piperidine rings is 1. The van der Waals surface area contributed by atoms with Crippen molar-refractivity contribution in [2.75, 3.05) is 46.2 Å². The Labute approximate surface area is 215 Å². The van der Waals surface area contributed by atoms with E-state index < -0.39 is 0 Å². The molecule has 1 aromatic carbocycles. The summed E-state index contributed by atoms with van der Waals surface area (Å²) in [6.45, 7) is 3.59. The number of rotatable bonds is 12. The second-order valence-corrected chi connectivity index (χ2v) is 11.6. The lowest BCUT2D eigenvalue weighted by molar-refractivity contribution is 0.0434. The molecule has 1 aliphatic heterocycles. The molecule has 194 valence electrons. The number of hydroxylamine groups is 1. The number of hydrogen-bond acceptors (Lipinski definition) is 7. The largest absolute Gasteiger partial charge is 0.497 e. The number of methoxy groups -OCH3 is 1. The first kappa shape index (κ1) is 26.7. The summed E-state index contributed by atoms with van der Waals surface area (Å²) in [5, 5.41) is 12.2. The van der Waals surface area contributed by atoms with Gasteiger partial charge in [-0.2, -0.15) is 17.2 Å². The molecule has 1 unspecified atom stereocenters. The van der Waals surface area contributed by atoms with Gasteiger partial charge in [-0.15, -0.1) is 0 Å². The number of ether oxygens (including phenoxy) is 1. The predicted octanol–water partition coefficient (Wildman–Crippen LogP) is 5.21. The third kappa shape index (κ3) is 7.32. The van der Waals surface area contributed by atoms with Gasteiger partial charge in [0.05, 0.1) is 25.8 Å². The second kappa shape index (κ2) is 13.8. The zero-order valence-electron chi connectivity index (χ0n) is 21.5. The molecule has 35 heavy (non-hydrogen) atoms. The van der Waals surface area contributed by atoms with E-state index in [-0.39, 0.29) is 12.6 Å². The number of fused-ring (bicyclic) bond motifs is 1. The maximum atomic E-state index is 10.2. The van der Waals surface area contributed by atoms with Crippen LogP contribution in [0.1, 0.15) is 63.0 Å². The number of aromatic nitrogens is 1. The minimum Gasteiger partial charge on any atom is -0.497 e. The molecular weight excluding hydrogens is 458 g/mol. The highest BCUT2D eigenvalue weighted by molar-refractivity contribution is 7.99. The lowest BCUT2D eigenvalue weighted by Gasteiger charge is -2.38. The average molecular weight is 502 g/mol. The van der Waals surface area contributed by atoms with Crippen molar-refractivity contribution in [3.63, 3.8) is 0 Å². The summed E-state index contributed by atoms with van der Waals surface area (Å²) in [4.78, 5) is 12.5. The minimum absolute atomic E-state index is 0.0573. The number of benzene rings is 1. The SMILES string of the molecule is CONC(CC[C@@H]1CCN(CCSC2CCCCC2)C[C@@H]1CO)c1ccnc2ccc(OC)cc12. The van der Waals surface area contributed by atoms with Gasteiger partial charge in [0.2, 0.25) is 0 Å². The van der Waals surface area contributed by atoms with Gasteiger partial charge >= 0.3 is 0 Å². The van der Waals surface area contributed by atoms with E-state index in [0.717, 1.165) is 60.8 Å². The highest BCUT2D eigenvalue weighted by Gasteiger charge is 2.29. The Bertz CT molecular complexity index is 908. The van der Waals surface area contributed by atoms with Crippen LogP contribution in [0.2, 0.25) is 0 Å². The van der Waals surface area contributed by atoms with Crippen LogP contribution >= 0.6 is 11.8 Å². The molecular formula is C28H43N3O3S. The minimum atomic E-state index is 0.0573. The fraction of sp³-hybridized carbons (Fsp3) is 0.679. The molecule has 2 aliphatic rings. The van der Waals surface area contributed by atoms with Gasteiger partial charge in [0.25, 0.3) is 0 Å². The number of hydrogen-bond donors (Lipinski definition) is 2. The molecule has 3 atom stereocenters. The van der Waals surface area contributed by atoms with Gasteiger partial charge in [-0.1, -0.05) is 19.3 Å². The Kier molecular flexibility index (Phi) is 10.5. The maximum Gasteiger partial charge on any atom is 0.119 e. The van der Waals surface area contributed by atoms with E-state index in [1.165, 1.54) is 43.4 Å². The topological polar surface area (TPSA) is 66.9 Å². The molecule has 1 aliphatic carbocycles. The van der Waals surface area contributed by atoms with E-state index >= 15 is 0 Å². The Balaban J connectivity index is 1.33. The monoisotopic (exact) mass is 501 g/mol. The van der Waals surface area contributed by atoms with E-state index in [4.69, 9.17) is 9.57 Å². The van der Waals surface area contributed by atoms with E-state index in [1.54, 1.807) is 14.2 Å². The first-order chi connectivity index (χ1) is 17.2. The molecule has 0 amide bonds. The third-order valence-corrected chi connectivity index (χ3v) is 9.33. The van der Waals surface area contributed by atoms with Gasteiger partial charge in [-0.3, -0.25) is 4.98 Å². The molecule has 4 rings (SSSR count). The molecule has 0 bridgehead atoms. The molecule has 1 saturated carbocycles. The molecule has 2 N–H and O–H groups in total. The van der Waals surface area contributed by atoms with Crippen molar-refractivity contribution in [2.45, 2.75) is 62.7 Å². The fourth-order valence-corrected chi connectivity index (χ4v) is 7.27. The second-order valence-electron chi connectivity index (χ2n) is 10.2. The highest BCUT2D eigenvalue weighted by Crippen LogP contribution is 2.34. The van der Waals surface area contributed by atoms with Crippen LogP contribution in [-0.4, -0.2) is 66.5 Å². The van der Waals surface area contributed by atoms with Crippen LogP contribution in [0.3, 0.4) is 0 Å². The molecule has 1 aromatic heterocycles. The first-order valence-electron chi connectivity index (χ1n) is 13.4. The van der Waals surface area contributed by atoms with Crippen molar-refractivity contribution in [1.29, 1.82) is 0 Å². The number of pyridine rings is 1. The highest BCUT2D eigenvalue weighted by atomic mass is 32.2. The summed E-state index contributed by atoms with van der Waals surface area (Å²) < 4.78 is 5.46. The fourth-order valence-electron chi connectivity index (χ4n) is 5.90. The van der Waals surface area contributed by atoms with Gasteiger partial charge < -0.3 is 19.6 Å².